The Bertz CT molecular complexity index is 1400. The molecule has 35 heavy (non-hydrogen) atoms. The van der Waals surface area contributed by atoms with Gasteiger partial charge in [0.05, 0.1) is 9.79 Å². The quantitative estimate of drug-likeness (QED) is 0.315. The third-order valence-electron chi connectivity index (χ3n) is 5.87. The van der Waals surface area contributed by atoms with E-state index in [2.05, 4.69) is 0 Å². The van der Waals surface area contributed by atoms with Gasteiger partial charge in [-0.05, 0) is 78.7 Å². The van der Waals surface area contributed by atoms with Crippen molar-refractivity contribution < 1.29 is 31.4 Å². The molecule has 1 unspecified atom stereocenters. The van der Waals surface area contributed by atoms with Crippen molar-refractivity contribution in [2.24, 2.45) is 0 Å². The van der Waals surface area contributed by atoms with Gasteiger partial charge in [-0.1, -0.05) is 42.5 Å². The summed E-state index contributed by atoms with van der Waals surface area (Å²) in [5.74, 6) is 0.508. The number of phenolic OH excluding ortho intramolecular Hbond substituents is 1. The van der Waals surface area contributed by atoms with E-state index in [1.54, 1.807) is 18.2 Å². The average molecular weight is 499 g/mol. The molecule has 0 aliphatic carbocycles. The highest BCUT2D eigenvalue weighted by Crippen LogP contribution is 2.46. The predicted molar refractivity (Wildman–Crippen MR) is 125 cm³/mol. The van der Waals surface area contributed by atoms with Crippen LogP contribution in [0.15, 0.2) is 113 Å². The van der Waals surface area contributed by atoms with E-state index in [1.165, 1.54) is 84.9 Å². The van der Waals surface area contributed by atoms with Gasteiger partial charge >= 0.3 is 6.18 Å². The van der Waals surface area contributed by atoms with E-state index in [-0.39, 0.29) is 26.7 Å². The first-order valence-corrected chi connectivity index (χ1v) is 12.0. The Morgan fingerprint density at radius 3 is 1.57 bits per heavy atom. The summed E-state index contributed by atoms with van der Waals surface area (Å²) in [6.45, 7) is 1.08. The fourth-order valence-electron chi connectivity index (χ4n) is 3.70. The largest absolute Gasteiger partial charge is 0.508 e. The third kappa shape index (κ3) is 4.74. The van der Waals surface area contributed by atoms with Crippen LogP contribution in [-0.2, 0) is 15.3 Å². The highest BCUT2D eigenvalue weighted by atomic mass is 32.2. The molecule has 4 aromatic carbocycles. The smallest absolute Gasteiger partial charge is 0.402 e. The number of sulfone groups is 1. The van der Waals surface area contributed by atoms with Crippen LogP contribution in [0.2, 0.25) is 0 Å². The molecular weight excluding hydrogens is 477 g/mol. The predicted octanol–water partition coefficient (Wildman–Crippen LogP) is 6.89. The van der Waals surface area contributed by atoms with Gasteiger partial charge in [0, 0.05) is 0 Å². The molecule has 0 bridgehead atoms. The minimum Gasteiger partial charge on any atom is -0.508 e. The molecule has 0 fully saturated rings. The Labute approximate surface area is 201 Å². The van der Waals surface area contributed by atoms with Crippen molar-refractivity contribution in [3.8, 4) is 17.2 Å². The Morgan fingerprint density at radius 2 is 1.09 bits per heavy atom. The van der Waals surface area contributed by atoms with E-state index < -0.39 is 21.4 Å². The second kappa shape index (κ2) is 9.11. The summed E-state index contributed by atoms with van der Waals surface area (Å²) in [7, 11) is -3.67. The molecular formula is C27H21F3O4S. The molecule has 0 saturated carbocycles. The number of aromatic hydroxyl groups is 1. The molecule has 4 rings (SSSR count). The molecule has 0 aromatic heterocycles. The maximum absolute atomic E-state index is 14.1. The minimum atomic E-state index is -4.59. The second-order valence-electron chi connectivity index (χ2n) is 8.08. The highest BCUT2D eigenvalue weighted by Gasteiger charge is 2.53. The van der Waals surface area contributed by atoms with Gasteiger partial charge in [-0.2, -0.15) is 13.2 Å². The van der Waals surface area contributed by atoms with Gasteiger partial charge in [-0.3, -0.25) is 0 Å². The van der Waals surface area contributed by atoms with Crippen molar-refractivity contribution in [3.63, 3.8) is 0 Å². The lowest BCUT2D eigenvalue weighted by Gasteiger charge is -2.33. The number of rotatable bonds is 6. The summed E-state index contributed by atoms with van der Waals surface area (Å²) >= 11 is 0. The van der Waals surface area contributed by atoms with E-state index in [0.717, 1.165) is 6.92 Å². The molecule has 180 valence electrons. The van der Waals surface area contributed by atoms with E-state index in [9.17, 15) is 26.7 Å². The lowest BCUT2D eigenvalue weighted by Crippen LogP contribution is -2.40. The standard InChI is InChI=1S/C27H21F3O4S/c1-26(27(28,29)30,19-7-11-21(31)12-8-19)20-9-13-22(14-10-20)34-23-15-17-25(18-16-23)35(32,33)24-5-3-2-4-6-24/h2-18,31H,1H3. The van der Waals surface area contributed by atoms with Crippen LogP contribution in [-0.4, -0.2) is 19.7 Å². The van der Waals surface area contributed by atoms with Crippen LogP contribution in [0.5, 0.6) is 17.2 Å². The van der Waals surface area contributed by atoms with E-state index in [0.29, 0.717) is 11.5 Å². The van der Waals surface area contributed by atoms with E-state index in [4.69, 9.17) is 4.74 Å². The van der Waals surface area contributed by atoms with Crippen molar-refractivity contribution in [3.05, 3.63) is 114 Å². The molecule has 8 heteroatoms. The Balaban J connectivity index is 1.57. The summed E-state index contributed by atoms with van der Waals surface area (Å²) in [5.41, 5.74) is -2.30. The molecule has 4 aromatic rings. The molecule has 0 aliphatic rings. The van der Waals surface area contributed by atoms with Crippen LogP contribution in [0.25, 0.3) is 0 Å². The topological polar surface area (TPSA) is 63.6 Å². The maximum atomic E-state index is 14.1. The molecule has 0 amide bonds. The first-order valence-electron chi connectivity index (χ1n) is 10.6. The fourth-order valence-corrected chi connectivity index (χ4v) is 4.99. The summed E-state index contributed by atoms with van der Waals surface area (Å²) in [6.07, 6.45) is -4.59. The monoisotopic (exact) mass is 498 g/mol. The van der Waals surface area contributed by atoms with Gasteiger partial charge in [-0.25, -0.2) is 8.42 Å². The number of alkyl halides is 3. The van der Waals surface area contributed by atoms with Crippen molar-refractivity contribution >= 4 is 9.84 Å². The van der Waals surface area contributed by atoms with Gasteiger partial charge in [0.2, 0.25) is 9.84 Å². The van der Waals surface area contributed by atoms with Gasteiger partial charge in [0.25, 0.3) is 0 Å². The molecule has 0 aliphatic heterocycles. The molecule has 1 atom stereocenters. The highest BCUT2D eigenvalue weighted by molar-refractivity contribution is 7.91. The summed E-state index contributed by atoms with van der Waals surface area (Å²) in [5, 5.41) is 9.46. The minimum absolute atomic E-state index is 0.00680. The Morgan fingerprint density at radius 1 is 0.657 bits per heavy atom. The SMILES string of the molecule is CC(c1ccc(O)cc1)(c1ccc(Oc2ccc(S(=O)(=O)c3ccccc3)cc2)cc1)C(F)(F)F. The van der Waals surface area contributed by atoms with Gasteiger partial charge in [0.15, 0.2) is 0 Å². The maximum Gasteiger partial charge on any atom is 0.402 e. The molecule has 0 saturated heterocycles. The Kier molecular flexibility index (Phi) is 6.34. The normalized spacial score (nSPS) is 13.7. The van der Waals surface area contributed by atoms with Crippen molar-refractivity contribution in [1.29, 1.82) is 0 Å². The fraction of sp³-hybridized carbons (Fsp3) is 0.111. The number of halogens is 3. The number of hydrogen-bond acceptors (Lipinski definition) is 4. The second-order valence-corrected chi connectivity index (χ2v) is 10.0. The molecule has 0 spiro atoms. The van der Waals surface area contributed by atoms with Crippen LogP contribution in [0.1, 0.15) is 18.1 Å². The van der Waals surface area contributed by atoms with Crippen molar-refractivity contribution in [2.75, 3.05) is 0 Å². The summed E-state index contributed by atoms with van der Waals surface area (Å²) in [6, 6.07) is 24.3. The van der Waals surface area contributed by atoms with Gasteiger partial charge in [-0.15, -0.1) is 0 Å². The van der Waals surface area contributed by atoms with Crippen LogP contribution >= 0.6 is 0 Å². The van der Waals surface area contributed by atoms with E-state index in [1.807, 2.05) is 0 Å². The number of benzene rings is 4. The molecule has 4 nitrogen and oxygen atoms in total. The molecule has 1 N–H and O–H groups in total. The zero-order chi connectivity index (χ0) is 25.3. The average Bonchev–Trinajstić information content (AvgIpc) is 2.85. The van der Waals surface area contributed by atoms with Gasteiger partial charge in [0.1, 0.15) is 22.7 Å². The van der Waals surface area contributed by atoms with Crippen LogP contribution in [0, 0.1) is 0 Å². The summed E-state index contributed by atoms with van der Waals surface area (Å²) < 4.78 is 73.5. The summed E-state index contributed by atoms with van der Waals surface area (Å²) in [4.78, 5) is 0.270. The lowest BCUT2D eigenvalue weighted by molar-refractivity contribution is -0.173. The molecule has 0 heterocycles. The van der Waals surface area contributed by atoms with Crippen molar-refractivity contribution in [2.45, 2.75) is 28.3 Å². The number of phenols is 1. The van der Waals surface area contributed by atoms with E-state index >= 15 is 0 Å². The van der Waals surface area contributed by atoms with Gasteiger partial charge < -0.3 is 9.84 Å². The van der Waals surface area contributed by atoms with Crippen LogP contribution in [0.4, 0.5) is 13.2 Å². The number of hydrogen-bond donors (Lipinski definition) is 1. The first kappa shape index (κ1) is 24.3. The Hall–Kier alpha value is -3.78. The zero-order valence-corrected chi connectivity index (χ0v) is 19.3. The zero-order valence-electron chi connectivity index (χ0n) is 18.5. The van der Waals surface area contributed by atoms with Crippen LogP contribution < -0.4 is 4.74 Å². The third-order valence-corrected chi connectivity index (χ3v) is 7.65. The number of ether oxygens (including phenoxy) is 1. The molecule has 0 radical (unpaired) electrons. The van der Waals surface area contributed by atoms with Crippen molar-refractivity contribution in [1.82, 2.24) is 0 Å². The first-order chi connectivity index (χ1) is 16.5. The lowest BCUT2D eigenvalue weighted by atomic mass is 9.75. The van der Waals surface area contributed by atoms with Crippen LogP contribution in [0.3, 0.4) is 0 Å².